The van der Waals surface area contributed by atoms with Crippen molar-refractivity contribution in [3.8, 4) is 11.5 Å². The molecule has 130 valence electrons. The summed E-state index contributed by atoms with van der Waals surface area (Å²) < 4.78 is 18.0. The summed E-state index contributed by atoms with van der Waals surface area (Å²) in [4.78, 5) is 0. The van der Waals surface area contributed by atoms with Gasteiger partial charge in [0.1, 0.15) is 11.5 Å². The Labute approximate surface area is 154 Å². The van der Waals surface area contributed by atoms with E-state index < -0.39 is 6.72 Å². The van der Waals surface area contributed by atoms with Crippen molar-refractivity contribution in [2.45, 2.75) is 27.7 Å². The molecular formula is C18H22ClO3PS. The van der Waals surface area contributed by atoms with E-state index in [4.69, 9.17) is 37.0 Å². The van der Waals surface area contributed by atoms with Crippen molar-refractivity contribution >= 4 is 30.1 Å². The Balaban J connectivity index is 2.38. The molecule has 6 heteroatoms. The van der Waals surface area contributed by atoms with Crippen molar-refractivity contribution in [3.63, 3.8) is 0 Å². The lowest BCUT2D eigenvalue weighted by Crippen LogP contribution is -2.09. The molecule has 0 aliphatic rings. The average molecular weight is 385 g/mol. The van der Waals surface area contributed by atoms with Gasteiger partial charge in [-0.15, -0.1) is 11.6 Å². The summed E-state index contributed by atoms with van der Waals surface area (Å²) in [6.45, 7) is 5.13. The number of halogens is 1. The van der Waals surface area contributed by atoms with Gasteiger partial charge in [-0.3, -0.25) is 4.52 Å². The number of alkyl halides is 1. The van der Waals surface area contributed by atoms with Crippen LogP contribution < -0.4 is 9.05 Å². The van der Waals surface area contributed by atoms with E-state index in [0.717, 1.165) is 22.3 Å². The van der Waals surface area contributed by atoms with Gasteiger partial charge in [-0.05, 0) is 49.9 Å². The highest BCUT2D eigenvalue weighted by Crippen LogP contribution is 2.52. The fourth-order valence-corrected chi connectivity index (χ4v) is 4.66. The van der Waals surface area contributed by atoms with Gasteiger partial charge in [0, 0.05) is 17.7 Å². The quantitative estimate of drug-likeness (QED) is 0.441. The zero-order valence-corrected chi connectivity index (χ0v) is 16.8. The maximum Gasteiger partial charge on any atom is 0.435 e. The SMILES string of the molecule is Cc1cccc(C)c1OP(=S)(OCCCl)Oc1c(C)cccc1C. The summed E-state index contributed by atoms with van der Waals surface area (Å²) in [7, 11) is 0. The monoisotopic (exact) mass is 384 g/mol. The summed E-state index contributed by atoms with van der Waals surface area (Å²) in [6.07, 6.45) is 0. The minimum Gasteiger partial charge on any atom is -0.415 e. The third-order valence-corrected chi connectivity index (χ3v) is 5.78. The van der Waals surface area contributed by atoms with Crippen LogP contribution in [0, 0.1) is 27.7 Å². The van der Waals surface area contributed by atoms with Gasteiger partial charge < -0.3 is 9.05 Å². The molecule has 0 spiro atoms. The molecule has 0 saturated heterocycles. The summed E-state index contributed by atoms with van der Waals surface area (Å²) in [5, 5.41) is 0. The zero-order chi connectivity index (χ0) is 17.7. The molecule has 2 aromatic rings. The molecule has 0 aliphatic heterocycles. The highest BCUT2D eigenvalue weighted by Gasteiger charge is 2.27. The van der Waals surface area contributed by atoms with E-state index in [0.29, 0.717) is 17.4 Å². The van der Waals surface area contributed by atoms with Gasteiger partial charge in [0.15, 0.2) is 0 Å². The predicted molar refractivity (Wildman–Crippen MR) is 104 cm³/mol. The van der Waals surface area contributed by atoms with Crippen molar-refractivity contribution in [1.29, 1.82) is 0 Å². The summed E-state index contributed by atoms with van der Waals surface area (Å²) in [5.74, 6) is 1.74. The standard InChI is InChI=1S/C18H22ClO3PS/c1-13-7-5-8-14(2)17(13)21-23(24,20-12-11-19)22-18-15(3)9-6-10-16(18)4/h5-10H,11-12H2,1-4H3. The van der Waals surface area contributed by atoms with Crippen LogP contribution >= 0.6 is 18.3 Å². The lowest BCUT2D eigenvalue weighted by atomic mass is 10.1. The van der Waals surface area contributed by atoms with Gasteiger partial charge in [-0.25, -0.2) is 0 Å². The normalized spacial score (nSPS) is 11.4. The smallest absolute Gasteiger partial charge is 0.415 e. The zero-order valence-electron chi connectivity index (χ0n) is 14.3. The minimum absolute atomic E-state index is 0.273. The number of rotatable bonds is 7. The van der Waals surface area contributed by atoms with Crippen molar-refractivity contribution < 1.29 is 13.6 Å². The third kappa shape index (κ3) is 4.73. The summed E-state index contributed by atoms with van der Waals surface area (Å²) in [6, 6.07) is 11.9. The average Bonchev–Trinajstić information content (AvgIpc) is 2.53. The van der Waals surface area contributed by atoms with E-state index >= 15 is 0 Å². The first-order chi connectivity index (χ1) is 11.4. The Hall–Kier alpha value is -1.06. The molecule has 0 bridgehead atoms. The van der Waals surface area contributed by atoms with Crippen LogP contribution in [0.5, 0.6) is 11.5 Å². The maximum atomic E-state index is 6.10. The molecule has 0 N–H and O–H groups in total. The van der Waals surface area contributed by atoms with Crippen LogP contribution in [0.4, 0.5) is 0 Å². The lowest BCUT2D eigenvalue weighted by Gasteiger charge is -2.25. The van der Waals surface area contributed by atoms with Crippen LogP contribution in [-0.4, -0.2) is 12.5 Å². The molecule has 0 saturated carbocycles. The third-order valence-electron chi connectivity index (χ3n) is 3.55. The number of benzene rings is 2. The molecule has 2 rings (SSSR count). The predicted octanol–water partition coefficient (Wildman–Crippen LogP) is 5.86. The Morgan fingerprint density at radius 3 is 1.54 bits per heavy atom. The van der Waals surface area contributed by atoms with Crippen molar-refractivity contribution in [2.75, 3.05) is 12.5 Å². The maximum absolute atomic E-state index is 6.10. The van der Waals surface area contributed by atoms with Crippen LogP contribution in [0.1, 0.15) is 22.3 Å². The second-order valence-electron chi connectivity index (χ2n) is 5.59. The van der Waals surface area contributed by atoms with Gasteiger partial charge in [0.2, 0.25) is 0 Å². The highest BCUT2D eigenvalue weighted by molar-refractivity contribution is 8.07. The Bertz CT molecular complexity index is 666. The molecule has 0 radical (unpaired) electrons. The number of aryl methyl sites for hydroxylation is 4. The fraction of sp³-hybridized carbons (Fsp3) is 0.333. The van der Waals surface area contributed by atoms with E-state index in [1.165, 1.54) is 0 Å². The Morgan fingerprint density at radius 2 is 1.21 bits per heavy atom. The molecule has 3 nitrogen and oxygen atoms in total. The number of hydrogen-bond donors (Lipinski definition) is 0. The van der Waals surface area contributed by atoms with E-state index in [1.807, 2.05) is 64.1 Å². The molecule has 0 unspecified atom stereocenters. The van der Waals surface area contributed by atoms with Crippen LogP contribution in [0.15, 0.2) is 36.4 Å². The number of para-hydroxylation sites is 2. The van der Waals surface area contributed by atoms with Gasteiger partial charge in [0.25, 0.3) is 0 Å². The highest BCUT2D eigenvalue weighted by atomic mass is 35.5. The van der Waals surface area contributed by atoms with Gasteiger partial charge in [0.05, 0.1) is 6.61 Å². The molecule has 2 aromatic carbocycles. The first kappa shape index (κ1) is 19.3. The summed E-state index contributed by atoms with van der Waals surface area (Å²) >= 11 is 11.4. The Morgan fingerprint density at radius 1 is 0.833 bits per heavy atom. The van der Waals surface area contributed by atoms with E-state index in [1.54, 1.807) is 0 Å². The first-order valence-electron chi connectivity index (χ1n) is 7.68. The lowest BCUT2D eigenvalue weighted by molar-refractivity contribution is 0.276. The topological polar surface area (TPSA) is 27.7 Å². The van der Waals surface area contributed by atoms with Crippen molar-refractivity contribution in [2.24, 2.45) is 0 Å². The van der Waals surface area contributed by atoms with E-state index in [2.05, 4.69) is 0 Å². The van der Waals surface area contributed by atoms with E-state index in [9.17, 15) is 0 Å². The molecule has 24 heavy (non-hydrogen) atoms. The van der Waals surface area contributed by atoms with Gasteiger partial charge >= 0.3 is 6.72 Å². The van der Waals surface area contributed by atoms with Gasteiger partial charge in [-0.2, -0.15) is 0 Å². The van der Waals surface area contributed by atoms with Crippen molar-refractivity contribution in [3.05, 3.63) is 58.7 Å². The molecule has 0 amide bonds. The molecule has 0 heterocycles. The van der Waals surface area contributed by atoms with Crippen LogP contribution in [0.3, 0.4) is 0 Å². The second-order valence-corrected chi connectivity index (χ2v) is 8.83. The van der Waals surface area contributed by atoms with Crippen LogP contribution in [-0.2, 0) is 16.3 Å². The first-order valence-corrected chi connectivity index (χ1v) is 10.8. The molecule has 0 fully saturated rings. The molecule has 0 aliphatic carbocycles. The largest absolute Gasteiger partial charge is 0.435 e. The van der Waals surface area contributed by atoms with Crippen LogP contribution in [0.2, 0.25) is 0 Å². The van der Waals surface area contributed by atoms with Gasteiger partial charge in [-0.1, -0.05) is 36.4 Å². The molecular weight excluding hydrogens is 363 g/mol. The fourth-order valence-electron chi connectivity index (χ4n) is 2.33. The molecule has 0 atom stereocenters. The minimum atomic E-state index is -3.04. The van der Waals surface area contributed by atoms with Crippen LogP contribution in [0.25, 0.3) is 0 Å². The molecule has 0 aromatic heterocycles. The van der Waals surface area contributed by atoms with Crippen molar-refractivity contribution in [1.82, 2.24) is 0 Å². The summed E-state index contributed by atoms with van der Waals surface area (Å²) in [5.41, 5.74) is 3.96. The second kappa shape index (κ2) is 8.35. The number of hydrogen-bond acceptors (Lipinski definition) is 4. The van der Waals surface area contributed by atoms with E-state index in [-0.39, 0.29) is 6.61 Å². The Kier molecular flexibility index (Phi) is 6.70.